The van der Waals surface area contributed by atoms with Crippen LogP contribution in [0.15, 0.2) is 41.3 Å². The second-order valence-corrected chi connectivity index (χ2v) is 5.48. The van der Waals surface area contributed by atoms with Gasteiger partial charge in [0.1, 0.15) is 5.69 Å². The minimum atomic E-state index is -1.13. The third-order valence-corrected chi connectivity index (χ3v) is 3.95. The predicted molar refractivity (Wildman–Crippen MR) is 83.9 cm³/mol. The molecule has 24 heavy (non-hydrogen) atoms. The Morgan fingerprint density at radius 2 is 2.04 bits per heavy atom. The highest BCUT2D eigenvalue weighted by molar-refractivity contribution is 5.95. The minimum absolute atomic E-state index is 0.0611. The van der Waals surface area contributed by atoms with E-state index in [0.29, 0.717) is 0 Å². The maximum Gasteiger partial charge on any atom is 0.328 e. The van der Waals surface area contributed by atoms with Crippen LogP contribution in [0.1, 0.15) is 16.1 Å². The highest BCUT2D eigenvalue weighted by Gasteiger charge is 2.34. The molecule has 1 aliphatic heterocycles. The zero-order chi connectivity index (χ0) is 17.1. The number of morpholine rings is 1. The molecule has 0 aliphatic carbocycles. The molecule has 1 amide bonds. The zero-order valence-electron chi connectivity index (χ0n) is 12.8. The summed E-state index contributed by atoms with van der Waals surface area (Å²) in [6.45, 7) is 0.601. The lowest BCUT2D eigenvalue weighted by atomic mass is 10.2. The molecule has 0 bridgehead atoms. The van der Waals surface area contributed by atoms with Crippen molar-refractivity contribution in [3.8, 4) is 0 Å². The first-order valence-corrected chi connectivity index (χ1v) is 7.51. The Morgan fingerprint density at radius 1 is 1.29 bits per heavy atom. The molecule has 8 nitrogen and oxygen atoms in total. The molecule has 126 valence electrons. The van der Waals surface area contributed by atoms with Gasteiger partial charge < -0.3 is 19.7 Å². The third-order valence-electron chi connectivity index (χ3n) is 3.95. The van der Waals surface area contributed by atoms with Gasteiger partial charge in [0.2, 0.25) is 0 Å². The van der Waals surface area contributed by atoms with E-state index in [1.807, 2.05) is 30.3 Å². The minimum Gasteiger partial charge on any atom is -0.480 e. The lowest BCUT2D eigenvalue weighted by Gasteiger charge is -2.32. The van der Waals surface area contributed by atoms with Crippen molar-refractivity contribution in [3.63, 3.8) is 0 Å². The van der Waals surface area contributed by atoms with Crippen LogP contribution in [0.5, 0.6) is 0 Å². The number of H-pyrrole nitrogens is 1. The molecule has 0 saturated carbocycles. The summed E-state index contributed by atoms with van der Waals surface area (Å²) in [4.78, 5) is 39.9. The van der Waals surface area contributed by atoms with E-state index in [9.17, 15) is 19.5 Å². The van der Waals surface area contributed by atoms with Gasteiger partial charge in [0.15, 0.2) is 6.04 Å². The summed E-state index contributed by atoms with van der Waals surface area (Å²) < 4.78 is 6.45. The fourth-order valence-electron chi connectivity index (χ4n) is 2.69. The molecule has 3 rings (SSSR count). The number of carboxylic acid groups (broad SMARTS) is 1. The molecule has 1 aliphatic rings. The first-order valence-electron chi connectivity index (χ1n) is 7.51. The van der Waals surface area contributed by atoms with Gasteiger partial charge in [0.25, 0.3) is 5.91 Å². The fraction of sp³-hybridized carbons (Fsp3) is 0.312. The summed E-state index contributed by atoms with van der Waals surface area (Å²) in [5, 5.41) is 9.26. The van der Waals surface area contributed by atoms with E-state index in [4.69, 9.17) is 4.74 Å². The number of amides is 1. The van der Waals surface area contributed by atoms with Crippen LogP contribution in [-0.4, -0.2) is 57.2 Å². The van der Waals surface area contributed by atoms with Crippen LogP contribution in [0.4, 0.5) is 0 Å². The Bertz CT molecular complexity index is 796. The molecular weight excluding hydrogens is 314 g/mol. The number of rotatable bonds is 4. The predicted octanol–water partition coefficient (Wildman–Crippen LogP) is 0.150. The number of carboxylic acids is 1. The van der Waals surface area contributed by atoms with Gasteiger partial charge in [-0.2, -0.15) is 0 Å². The van der Waals surface area contributed by atoms with Crippen molar-refractivity contribution in [2.45, 2.75) is 12.6 Å². The number of imidazole rings is 1. The number of carbonyl (C=O) groups excluding carboxylic acids is 1. The SMILES string of the molecule is O=C(O)C1COCCN1C(=O)c1c[nH]c(=O)n1Cc1ccccc1. The van der Waals surface area contributed by atoms with Gasteiger partial charge in [0, 0.05) is 12.7 Å². The van der Waals surface area contributed by atoms with E-state index in [0.717, 1.165) is 5.56 Å². The van der Waals surface area contributed by atoms with Gasteiger partial charge in [0.05, 0.1) is 19.8 Å². The first kappa shape index (κ1) is 16.0. The fourth-order valence-corrected chi connectivity index (χ4v) is 2.69. The monoisotopic (exact) mass is 331 g/mol. The number of nitrogens with zero attached hydrogens (tertiary/aromatic N) is 2. The van der Waals surface area contributed by atoms with Gasteiger partial charge in [-0.3, -0.25) is 9.36 Å². The molecule has 1 fully saturated rings. The van der Waals surface area contributed by atoms with Crippen LogP contribution in [0.3, 0.4) is 0 Å². The largest absolute Gasteiger partial charge is 0.480 e. The molecule has 2 aromatic rings. The number of aromatic nitrogens is 2. The van der Waals surface area contributed by atoms with Gasteiger partial charge in [-0.1, -0.05) is 30.3 Å². The van der Waals surface area contributed by atoms with Crippen molar-refractivity contribution in [1.82, 2.24) is 14.5 Å². The molecule has 0 radical (unpaired) electrons. The molecule has 1 aromatic heterocycles. The highest BCUT2D eigenvalue weighted by Crippen LogP contribution is 2.13. The number of ether oxygens (including phenoxy) is 1. The lowest BCUT2D eigenvalue weighted by Crippen LogP contribution is -2.53. The maximum absolute atomic E-state index is 12.8. The van der Waals surface area contributed by atoms with Crippen LogP contribution in [0.25, 0.3) is 0 Å². The van der Waals surface area contributed by atoms with Gasteiger partial charge >= 0.3 is 11.7 Å². The lowest BCUT2D eigenvalue weighted by molar-refractivity contribution is -0.147. The Balaban J connectivity index is 1.90. The molecule has 8 heteroatoms. The highest BCUT2D eigenvalue weighted by atomic mass is 16.5. The van der Waals surface area contributed by atoms with Crippen molar-refractivity contribution in [2.75, 3.05) is 19.8 Å². The van der Waals surface area contributed by atoms with Gasteiger partial charge in [-0.15, -0.1) is 0 Å². The summed E-state index contributed by atoms with van der Waals surface area (Å²) in [5.41, 5.74) is 0.587. The average molecular weight is 331 g/mol. The zero-order valence-corrected chi connectivity index (χ0v) is 12.8. The van der Waals surface area contributed by atoms with Crippen molar-refractivity contribution in [2.24, 2.45) is 0 Å². The quantitative estimate of drug-likeness (QED) is 0.830. The second kappa shape index (κ2) is 6.71. The van der Waals surface area contributed by atoms with Crippen LogP contribution in [-0.2, 0) is 16.1 Å². The normalized spacial score (nSPS) is 17.7. The molecule has 1 aromatic carbocycles. The Kier molecular flexibility index (Phi) is 4.48. The summed E-state index contributed by atoms with van der Waals surface area (Å²) in [6, 6.07) is 8.20. The standard InChI is InChI=1S/C16H17N3O5/c20-14(18-6-7-24-10-13(18)15(21)22)12-8-17-16(23)19(12)9-11-4-2-1-3-5-11/h1-5,8,13H,6-7,9-10H2,(H,17,23)(H,21,22). The maximum atomic E-state index is 12.8. The molecular formula is C16H17N3O5. The molecule has 0 spiro atoms. The topological polar surface area (TPSA) is 105 Å². The van der Waals surface area contributed by atoms with E-state index in [-0.39, 0.29) is 32.0 Å². The summed E-state index contributed by atoms with van der Waals surface area (Å²) in [7, 11) is 0. The third kappa shape index (κ3) is 3.09. The van der Waals surface area contributed by atoms with Crippen LogP contribution in [0, 0.1) is 0 Å². The number of nitrogens with one attached hydrogen (secondary N) is 1. The van der Waals surface area contributed by atoms with E-state index in [2.05, 4.69) is 4.98 Å². The Hall–Kier alpha value is -2.87. The summed E-state index contributed by atoms with van der Waals surface area (Å²) in [6.07, 6.45) is 1.32. The Morgan fingerprint density at radius 3 is 2.75 bits per heavy atom. The van der Waals surface area contributed by atoms with Crippen molar-refractivity contribution < 1.29 is 19.4 Å². The second-order valence-electron chi connectivity index (χ2n) is 5.48. The van der Waals surface area contributed by atoms with Crippen LogP contribution in [0.2, 0.25) is 0 Å². The molecule has 1 atom stereocenters. The van der Waals surface area contributed by atoms with E-state index in [1.165, 1.54) is 15.7 Å². The Labute approximate surface area is 137 Å². The first-order chi connectivity index (χ1) is 11.6. The number of hydrogen-bond donors (Lipinski definition) is 2. The van der Waals surface area contributed by atoms with E-state index < -0.39 is 23.6 Å². The summed E-state index contributed by atoms with van der Waals surface area (Å²) in [5.74, 6) is -1.63. The van der Waals surface area contributed by atoms with Crippen LogP contribution < -0.4 is 5.69 Å². The van der Waals surface area contributed by atoms with Crippen molar-refractivity contribution in [3.05, 3.63) is 58.3 Å². The molecule has 1 unspecified atom stereocenters. The number of aliphatic carboxylic acids is 1. The number of benzene rings is 1. The van der Waals surface area contributed by atoms with E-state index in [1.54, 1.807) is 0 Å². The van der Waals surface area contributed by atoms with Gasteiger partial charge in [-0.25, -0.2) is 9.59 Å². The van der Waals surface area contributed by atoms with E-state index >= 15 is 0 Å². The van der Waals surface area contributed by atoms with Crippen molar-refractivity contribution >= 4 is 11.9 Å². The number of hydrogen-bond acceptors (Lipinski definition) is 4. The van der Waals surface area contributed by atoms with Gasteiger partial charge in [-0.05, 0) is 5.56 Å². The van der Waals surface area contributed by atoms with Crippen molar-refractivity contribution in [1.29, 1.82) is 0 Å². The molecule has 2 N–H and O–H groups in total. The molecule has 2 heterocycles. The van der Waals surface area contributed by atoms with Crippen LogP contribution >= 0.6 is 0 Å². The number of carbonyl (C=O) groups is 2. The number of aromatic amines is 1. The summed E-state index contributed by atoms with van der Waals surface area (Å²) >= 11 is 0. The smallest absolute Gasteiger partial charge is 0.328 e. The molecule has 1 saturated heterocycles. The average Bonchev–Trinajstić information content (AvgIpc) is 2.96.